The fraction of sp³-hybridized carbons (Fsp3) is 0.231. The summed E-state index contributed by atoms with van der Waals surface area (Å²) in [5, 5.41) is 0.639. The van der Waals surface area contributed by atoms with Gasteiger partial charge in [0.1, 0.15) is 5.92 Å². The molecule has 0 unspecified atom stereocenters. The molecule has 0 aliphatic carbocycles. The van der Waals surface area contributed by atoms with Crippen LogP contribution in [0.1, 0.15) is 16.7 Å². The van der Waals surface area contributed by atoms with Crippen LogP contribution < -0.4 is 9.80 Å². The third-order valence-electron chi connectivity index (χ3n) is 6.26. The lowest BCUT2D eigenvalue weighted by molar-refractivity contribution is -0.132. The SMILES string of the molecule is O=C(C(Cc1ccc(Cl)cc1)C(=O)N1CCc2ccccc21)N1CCc2ccccc21. The number of carbonyl (C=O) groups is 2. The second-order valence-electron chi connectivity index (χ2n) is 8.12. The molecule has 156 valence electrons. The number of rotatable bonds is 4. The van der Waals surface area contributed by atoms with E-state index in [1.165, 1.54) is 0 Å². The Hall–Kier alpha value is -3.11. The Morgan fingerprint density at radius 2 is 1.23 bits per heavy atom. The van der Waals surface area contributed by atoms with Gasteiger partial charge in [0.05, 0.1) is 0 Å². The van der Waals surface area contributed by atoms with Gasteiger partial charge in [-0.1, -0.05) is 60.1 Å². The molecule has 2 amide bonds. The topological polar surface area (TPSA) is 40.6 Å². The number of nitrogens with zero attached hydrogens (tertiary/aromatic N) is 2. The summed E-state index contributed by atoms with van der Waals surface area (Å²) in [5.74, 6) is -1.04. The van der Waals surface area contributed by atoms with Crippen molar-refractivity contribution in [2.45, 2.75) is 19.3 Å². The molecular weight excluding hydrogens is 408 g/mol. The highest BCUT2D eigenvalue weighted by molar-refractivity contribution is 6.30. The fourth-order valence-electron chi connectivity index (χ4n) is 4.65. The maximum absolute atomic E-state index is 13.7. The van der Waals surface area contributed by atoms with Crippen LogP contribution in [0.4, 0.5) is 11.4 Å². The van der Waals surface area contributed by atoms with Crippen LogP contribution >= 0.6 is 11.6 Å². The highest BCUT2D eigenvalue weighted by atomic mass is 35.5. The Morgan fingerprint density at radius 1 is 0.742 bits per heavy atom. The van der Waals surface area contributed by atoms with Crippen LogP contribution in [0.25, 0.3) is 0 Å². The van der Waals surface area contributed by atoms with Crippen molar-refractivity contribution in [2.75, 3.05) is 22.9 Å². The second-order valence-corrected chi connectivity index (χ2v) is 8.56. The van der Waals surface area contributed by atoms with E-state index < -0.39 is 5.92 Å². The maximum Gasteiger partial charge on any atom is 0.239 e. The lowest BCUT2D eigenvalue weighted by atomic mass is 9.96. The lowest BCUT2D eigenvalue weighted by Crippen LogP contribution is -2.45. The average Bonchev–Trinajstić information content (AvgIpc) is 3.42. The zero-order valence-corrected chi connectivity index (χ0v) is 17.9. The number of halogens is 1. The fourth-order valence-corrected chi connectivity index (χ4v) is 4.77. The van der Waals surface area contributed by atoms with Gasteiger partial charge in [-0.15, -0.1) is 0 Å². The normalized spacial score (nSPS) is 14.6. The molecule has 5 heteroatoms. The monoisotopic (exact) mass is 430 g/mol. The Labute approximate surface area is 187 Å². The number of fused-ring (bicyclic) bond motifs is 2. The highest BCUT2D eigenvalue weighted by Crippen LogP contribution is 2.33. The van der Waals surface area contributed by atoms with Crippen molar-refractivity contribution in [3.63, 3.8) is 0 Å². The van der Waals surface area contributed by atoms with Gasteiger partial charge in [-0.25, -0.2) is 0 Å². The standard InChI is InChI=1S/C26H23ClN2O2/c27-21-11-9-18(10-12-21)17-22(25(30)28-15-13-19-5-1-3-7-23(19)28)26(31)29-16-14-20-6-2-4-8-24(20)29/h1-12,22H,13-17H2. The second kappa shape index (κ2) is 8.20. The molecule has 0 aromatic heterocycles. The molecule has 2 aliphatic heterocycles. The molecule has 0 radical (unpaired) electrons. The minimum atomic E-state index is -0.779. The molecule has 2 aliphatic rings. The van der Waals surface area contributed by atoms with E-state index in [0.29, 0.717) is 24.5 Å². The number of hydrogen-bond acceptors (Lipinski definition) is 2. The molecule has 0 N–H and O–H groups in total. The molecule has 0 saturated heterocycles. The molecule has 0 fully saturated rings. The van der Waals surface area contributed by atoms with Crippen LogP contribution in [-0.4, -0.2) is 24.9 Å². The van der Waals surface area contributed by atoms with E-state index >= 15 is 0 Å². The van der Waals surface area contributed by atoms with E-state index in [-0.39, 0.29) is 11.8 Å². The molecule has 0 atom stereocenters. The van der Waals surface area contributed by atoms with Crippen molar-refractivity contribution >= 4 is 34.8 Å². The Morgan fingerprint density at radius 3 is 1.74 bits per heavy atom. The van der Waals surface area contributed by atoms with E-state index in [1.54, 1.807) is 21.9 Å². The smallest absolute Gasteiger partial charge is 0.239 e. The Balaban J connectivity index is 1.48. The van der Waals surface area contributed by atoms with Gasteiger partial charge in [-0.3, -0.25) is 9.59 Å². The maximum atomic E-state index is 13.7. The Kier molecular flexibility index (Phi) is 5.24. The summed E-state index contributed by atoms with van der Waals surface area (Å²) in [4.78, 5) is 31.1. The lowest BCUT2D eigenvalue weighted by Gasteiger charge is -2.27. The van der Waals surface area contributed by atoms with Crippen molar-refractivity contribution < 1.29 is 9.59 Å². The number of amides is 2. The van der Waals surface area contributed by atoms with E-state index in [4.69, 9.17) is 11.6 Å². The number of para-hydroxylation sites is 2. The van der Waals surface area contributed by atoms with Gasteiger partial charge in [0, 0.05) is 29.5 Å². The first kappa shape index (κ1) is 19.8. The minimum absolute atomic E-state index is 0.130. The van der Waals surface area contributed by atoms with Gasteiger partial charge in [0.2, 0.25) is 11.8 Å². The highest BCUT2D eigenvalue weighted by Gasteiger charge is 2.38. The zero-order valence-electron chi connectivity index (χ0n) is 17.1. The van der Waals surface area contributed by atoms with Gasteiger partial charge in [-0.05, 0) is 60.2 Å². The minimum Gasteiger partial charge on any atom is -0.311 e. The van der Waals surface area contributed by atoms with Crippen molar-refractivity contribution in [3.05, 3.63) is 94.5 Å². The molecule has 31 heavy (non-hydrogen) atoms. The van der Waals surface area contributed by atoms with Crippen molar-refractivity contribution in [1.29, 1.82) is 0 Å². The summed E-state index contributed by atoms with van der Waals surface area (Å²) in [7, 11) is 0. The molecule has 0 bridgehead atoms. The van der Waals surface area contributed by atoms with E-state index in [2.05, 4.69) is 12.1 Å². The Bertz CT molecular complexity index is 1070. The van der Waals surface area contributed by atoms with Gasteiger partial charge >= 0.3 is 0 Å². The van der Waals surface area contributed by atoms with Crippen LogP contribution in [0, 0.1) is 5.92 Å². The molecule has 2 heterocycles. The molecule has 0 spiro atoms. The predicted molar refractivity (Wildman–Crippen MR) is 124 cm³/mol. The van der Waals surface area contributed by atoms with E-state index in [0.717, 1.165) is 40.9 Å². The number of anilines is 2. The molecular formula is C26H23ClN2O2. The summed E-state index contributed by atoms with van der Waals surface area (Å²) in [6.45, 7) is 1.22. The predicted octanol–water partition coefficient (Wildman–Crippen LogP) is 4.68. The molecule has 4 nitrogen and oxygen atoms in total. The van der Waals surface area contributed by atoms with Gasteiger partial charge < -0.3 is 9.80 Å². The quantitative estimate of drug-likeness (QED) is 0.564. The number of hydrogen-bond donors (Lipinski definition) is 0. The molecule has 3 aromatic rings. The first-order chi connectivity index (χ1) is 15.1. The number of benzene rings is 3. The summed E-state index contributed by atoms with van der Waals surface area (Å²) in [6.07, 6.45) is 1.98. The van der Waals surface area contributed by atoms with Crippen molar-refractivity contribution in [2.24, 2.45) is 5.92 Å². The first-order valence-electron chi connectivity index (χ1n) is 10.6. The van der Waals surface area contributed by atoms with E-state index in [1.807, 2.05) is 48.5 Å². The van der Waals surface area contributed by atoms with Gasteiger partial charge in [0.25, 0.3) is 0 Å². The van der Waals surface area contributed by atoms with Gasteiger partial charge in [-0.2, -0.15) is 0 Å². The summed E-state index contributed by atoms with van der Waals surface area (Å²) < 4.78 is 0. The van der Waals surface area contributed by atoms with Crippen LogP contribution in [0.2, 0.25) is 5.02 Å². The summed E-state index contributed by atoms with van der Waals surface area (Å²) in [5.41, 5.74) is 5.07. The molecule has 0 saturated carbocycles. The summed E-state index contributed by atoms with van der Waals surface area (Å²) in [6, 6.07) is 23.3. The van der Waals surface area contributed by atoms with Crippen molar-refractivity contribution in [3.8, 4) is 0 Å². The summed E-state index contributed by atoms with van der Waals surface area (Å²) >= 11 is 6.04. The van der Waals surface area contributed by atoms with Crippen LogP contribution in [0.15, 0.2) is 72.8 Å². The van der Waals surface area contributed by atoms with Crippen molar-refractivity contribution in [1.82, 2.24) is 0 Å². The third kappa shape index (κ3) is 3.72. The van der Waals surface area contributed by atoms with E-state index in [9.17, 15) is 9.59 Å². The van der Waals surface area contributed by atoms with Crippen LogP contribution in [0.3, 0.4) is 0 Å². The van der Waals surface area contributed by atoms with Gasteiger partial charge in [0.15, 0.2) is 0 Å². The number of carbonyl (C=O) groups excluding carboxylic acids is 2. The van der Waals surface area contributed by atoms with Crippen LogP contribution in [-0.2, 0) is 28.9 Å². The largest absolute Gasteiger partial charge is 0.311 e. The molecule has 3 aromatic carbocycles. The average molecular weight is 431 g/mol. The zero-order chi connectivity index (χ0) is 21.4. The third-order valence-corrected chi connectivity index (χ3v) is 6.51. The first-order valence-corrected chi connectivity index (χ1v) is 11.0. The molecule has 5 rings (SSSR count). The van der Waals surface area contributed by atoms with Crippen LogP contribution in [0.5, 0.6) is 0 Å².